The van der Waals surface area contributed by atoms with Crippen molar-refractivity contribution in [1.29, 1.82) is 0 Å². The lowest BCUT2D eigenvalue weighted by Crippen LogP contribution is -2.31. The average molecular weight is 290 g/mol. The zero-order valence-corrected chi connectivity index (χ0v) is 12.3. The number of primary sulfonamides is 1. The summed E-state index contributed by atoms with van der Waals surface area (Å²) < 4.78 is 22.3. The Balaban J connectivity index is 2.60. The molecule has 0 fully saturated rings. The minimum Gasteiger partial charge on any atom is -0.351 e. The highest BCUT2D eigenvalue weighted by Gasteiger charge is 2.17. The van der Waals surface area contributed by atoms with Gasteiger partial charge in [-0.05, 0) is 18.1 Å². The van der Waals surface area contributed by atoms with Crippen LogP contribution in [-0.4, -0.2) is 14.3 Å². The molecule has 1 rings (SSSR count). The van der Waals surface area contributed by atoms with Gasteiger partial charge in [-0.2, -0.15) is 0 Å². The fourth-order valence-corrected chi connectivity index (χ4v) is 2.96. The molecule has 0 aliphatic heterocycles. The highest BCUT2D eigenvalue weighted by atomic mass is 32.2. The number of carbonyl (C=O) groups excluding carboxylic acids is 1. The quantitative estimate of drug-likeness (QED) is 0.856. The van der Waals surface area contributed by atoms with Crippen molar-refractivity contribution in [3.05, 3.63) is 17.0 Å². The summed E-state index contributed by atoms with van der Waals surface area (Å²) in [5, 5.41) is 7.79. The maximum Gasteiger partial charge on any atom is 0.247 e. The smallest absolute Gasteiger partial charge is 0.247 e. The number of nitrogens with one attached hydrogen (secondary N) is 1. The first kappa shape index (κ1) is 15.1. The Kier molecular flexibility index (Phi) is 4.89. The summed E-state index contributed by atoms with van der Waals surface area (Å²) in [4.78, 5) is 12.5. The molecule has 0 saturated heterocycles. The third-order valence-corrected chi connectivity index (χ3v) is 5.29. The van der Waals surface area contributed by atoms with Gasteiger partial charge in [-0.3, -0.25) is 4.79 Å². The first-order chi connectivity index (χ1) is 8.21. The molecule has 102 valence electrons. The zero-order valence-electron chi connectivity index (χ0n) is 10.6. The number of carbonyl (C=O) groups is 1. The second kappa shape index (κ2) is 5.81. The Morgan fingerprint density at radius 1 is 1.39 bits per heavy atom. The molecule has 1 atom stereocenters. The first-order valence-electron chi connectivity index (χ1n) is 5.61. The molecule has 5 nitrogen and oxygen atoms in total. The second-order valence-electron chi connectivity index (χ2n) is 4.52. The Bertz CT molecular complexity index is 520. The molecule has 1 aromatic rings. The van der Waals surface area contributed by atoms with Gasteiger partial charge in [-0.15, -0.1) is 11.3 Å². The molecule has 0 saturated carbocycles. The highest BCUT2D eigenvalue weighted by Crippen LogP contribution is 2.20. The van der Waals surface area contributed by atoms with Crippen LogP contribution in [0.2, 0.25) is 0 Å². The summed E-state index contributed by atoms with van der Waals surface area (Å²) in [5.41, 5.74) is 0. The third kappa shape index (κ3) is 4.08. The van der Waals surface area contributed by atoms with E-state index in [1.807, 2.05) is 20.8 Å². The van der Waals surface area contributed by atoms with Gasteiger partial charge < -0.3 is 5.32 Å². The molecule has 0 aromatic carbocycles. The van der Waals surface area contributed by atoms with Crippen molar-refractivity contribution in [2.75, 3.05) is 0 Å². The number of hydrogen-bond acceptors (Lipinski definition) is 4. The summed E-state index contributed by atoms with van der Waals surface area (Å²) in [6, 6.07) is 3.11. The molecule has 7 heteroatoms. The normalized spacial score (nSPS) is 13.6. The van der Waals surface area contributed by atoms with Crippen LogP contribution in [0, 0.1) is 11.8 Å². The van der Waals surface area contributed by atoms with Crippen LogP contribution in [-0.2, 0) is 21.4 Å². The Morgan fingerprint density at radius 3 is 2.44 bits per heavy atom. The Morgan fingerprint density at radius 2 is 2.00 bits per heavy atom. The van der Waals surface area contributed by atoms with Crippen LogP contribution in [0.3, 0.4) is 0 Å². The van der Waals surface area contributed by atoms with Crippen molar-refractivity contribution in [3.8, 4) is 0 Å². The molecule has 0 spiro atoms. The van der Waals surface area contributed by atoms with E-state index in [1.165, 1.54) is 6.07 Å². The zero-order chi connectivity index (χ0) is 13.9. The van der Waals surface area contributed by atoms with Gasteiger partial charge in [0.05, 0.1) is 6.54 Å². The average Bonchev–Trinajstić information content (AvgIpc) is 2.72. The minimum atomic E-state index is -3.64. The number of thiophene rings is 1. The van der Waals surface area contributed by atoms with Crippen LogP contribution in [0.15, 0.2) is 16.3 Å². The third-order valence-electron chi connectivity index (χ3n) is 2.77. The largest absolute Gasteiger partial charge is 0.351 e. The molecular weight excluding hydrogens is 272 g/mol. The van der Waals surface area contributed by atoms with E-state index in [1.54, 1.807) is 6.07 Å². The number of nitrogens with two attached hydrogens (primary N) is 1. The number of sulfonamides is 1. The fraction of sp³-hybridized carbons (Fsp3) is 0.545. The van der Waals surface area contributed by atoms with Crippen molar-refractivity contribution in [3.63, 3.8) is 0 Å². The molecule has 1 unspecified atom stereocenters. The SMILES string of the molecule is CC(C)C(C)C(=O)NCc1ccc(S(N)(=O)=O)s1. The topological polar surface area (TPSA) is 89.3 Å². The predicted octanol–water partition coefficient (Wildman–Crippen LogP) is 1.30. The molecular formula is C11H18N2O3S2. The van der Waals surface area contributed by atoms with Gasteiger partial charge in [-0.25, -0.2) is 13.6 Å². The van der Waals surface area contributed by atoms with Crippen LogP contribution < -0.4 is 10.5 Å². The van der Waals surface area contributed by atoms with Crippen LogP contribution in [0.1, 0.15) is 25.6 Å². The van der Waals surface area contributed by atoms with Gasteiger partial charge >= 0.3 is 0 Å². The molecule has 1 amide bonds. The van der Waals surface area contributed by atoms with Gasteiger partial charge in [0.2, 0.25) is 15.9 Å². The second-order valence-corrected chi connectivity index (χ2v) is 7.47. The van der Waals surface area contributed by atoms with E-state index in [-0.39, 0.29) is 22.0 Å². The van der Waals surface area contributed by atoms with Gasteiger partial charge in [-0.1, -0.05) is 20.8 Å². The van der Waals surface area contributed by atoms with Gasteiger partial charge in [0, 0.05) is 10.8 Å². The summed E-state index contributed by atoms with van der Waals surface area (Å²) in [7, 11) is -3.64. The number of amides is 1. The highest BCUT2D eigenvalue weighted by molar-refractivity contribution is 7.91. The maximum atomic E-state index is 11.7. The summed E-state index contributed by atoms with van der Waals surface area (Å²) in [6.45, 7) is 6.16. The van der Waals surface area contributed by atoms with Crippen LogP contribution in [0.25, 0.3) is 0 Å². The lowest BCUT2D eigenvalue weighted by atomic mass is 9.97. The number of hydrogen-bond donors (Lipinski definition) is 2. The molecule has 18 heavy (non-hydrogen) atoms. The Labute approximate surface area is 111 Å². The lowest BCUT2D eigenvalue weighted by Gasteiger charge is -2.14. The predicted molar refractivity (Wildman–Crippen MR) is 71.5 cm³/mol. The van der Waals surface area contributed by atoms with Gasteiger partial charge in [0.15, 0.2) is 0 Å². The standard InChI is InChI=1S/C11H18N2O3S2/c1-7(2)8(3)11(14)13-6-9-4-5-10(17-9)18(12,15)16/h4-5,7-8H,6H2,1-3H3,(H,13,14)(H2,12,15,16). The maximum absolute atomic E-state index is 11.7. The molecule has 3 N–H and O–H groups in total. The van der Waals surface area contributed by atoms with E-state index >= 15 is 0 Å². The fourth-order valence-electron chi connectivity index (χ4n) is 1.24. The monoisotopic (exact) mass is 290 g/mol. The molecule has 0 aliphatic rings. The van der Waals surface area contributed by atoms with Crippen molar-refractivity contribution >= 4 is 27.3 Å². The van der Waals surface area contributed by atoms with Crippen molar-refractivity contribution in [1.82, 2.24) is 5.32 Å². The van der Waals surface area contributed by atoms with Crippen molar-refractivity contribution < 1.29 is 13.2 Å². The van der Waals surface area contributed by atoms with Crippen molar-refractivity contribution in [2.45, 2.75) is 31.5 Å². The van der Waals surface area contributed by atoms with E-state index in [0.29, 0.717) is 6.54 Å². The molecule has 0 aliphatic carbocycles. The summed E-state index contributed by atoms with van der Waals surface area (Å²) >= 11 is 1.07. The first-order valence-corrected chi connectivity index (χ1v) is 7.97. The number of rotatable bonds is 5. The van der Waals surface area contributed by atoms with E-state index in [2.05, 4.69) is 5.32 Å². The Hall–Kier alpha value is -0.920. The molecule has 1 heterocycles. The van der Waals surface area contributed by atoms with Crippen LogP contribution in [0.5, 0.6) is 0 Å². The van der Waals surface area contributed by atoms with E-state index in [0.717, 1.165) is 16.2 Å². The lowest BCUT2D eigenvalue weighted by molar-refractivity contribution is -0.125. The van der Waals surface area contributed by atoms with Gasteiger partial charge in [0.1, 0.15) is 4.21 Å². The van der Waals surface area contributed by atoms with E-state index in [9.17, 15) is 13.2 Å². The molecule has 0 bridgehead atoms. The minimum absolute atomic E-state index is 0.0319. The van der Waals surface area contributed by atoms with Crippen LogP contribution >= 0.6 is 11.3 Å². The van der Waals surface area contributed by atoms with E-state index < -0.39 is 10.0 Å². The molecule has 1 aromatic heterocycles. The molecule has 0 radical (unpaired) electrons. The van der Waals surface area contributed by atoms with Gasteiger partial charge in [0.25, 0.3) is 0 Å². The summed E-state index contributed by atoms with van der Waals surface area (Å²) in [5.74, 6) is 0.173. The summed E-state index contributed by atoms with van der Waals surface area (Å²) in [6.07, 6.45) is 0. The van der Waals surface area contributed by atoms with E-state index in [4.69, 9.17) is 5.14 Å². The van der Waals surface area contributed by atoms with Crippen molar-refractivity contribution in [2.24, 2.45) is 17.0 Å². The van der Waals surface area contributed by atoms with Crippen LogP contribution in [0.4, 0.5) is 0 Å².